The Morgan fingerprint density at radius 3 is 2.92 bits per heavy atom. The lowest BCUT2D eigenvalue weighted by molar-refractivity contribution is -0.121. The van der Waals surface area contributed by atoms with Gasteiger partial charge in [0.1, 0.15) is 12.4 Å². The van der Waals surface area contributed by atoms with Crippen LogP contribution in [0.2, 0.25) is 0 Å². The lowest BCUT2D eigenvalue weighted by Gasteiger charge is -2.12. The monoisotopic (exact) mass is 327 g/mol. The zero-order valence-electron chi connectivity index (χ0n) is 13.5. The quantitative estimate of drug-likeness (QED) is 0.780. The van der Waals surface area contributed by atoms with E-state index in [0.29, 0.717) is 12.2 Å². The number of aromatic nitrogens is 4. The second-order valence-corrected chi connectivity index (χ2v) is 5.72. The largest absolute Gasteiger partial charge is 0.354 e. The van der Waals surface area contributed by atoms with Gasteiger partial charge >= 0.3 is 0 Å². The van der Waals surface area contributed by atoms with Crippen molar-refractivity contribution >= 4 is 16.9 Å². The molecule has 0 saturated carbocycles. The summed E-state index contributed by atoms with van der Waals surface area (Å²) >= 11 is 0. The molecular formula is C17H18FN5O. The molecule has 3 aromatic rings. The van der Waals surface area contributed by atoms with Crippen molar-refractivity contribution in [1.29, 1.82) is 0 Å². The topological polar surface area (TPSA) is 72.7 Å². The number of hydrogen-bond donors (Lipinski definition) is 1. The van der Waals surface area contributed by atoms with Crippen LogP contribution in [0.4, 0.5) is 4.39 Å². The van der Waals surface area contributed by atoms with Gasteiger partial charge in [0, 0.05) is 29.7 Å². The van der Waals surface area contributed by atoms with E-state index in [9.17, 15) is 9.18 Å². The molecule has 0 aliphatic rings. The highest BCUT2D eigenvalue weighted by molar-refractivity contribution is 5.81. The van der Waals surface area contributed by atoms with Crippen molar-refractivity contribution in [2.45, 2.75) is 26.3 Å². The van der Waals surface area contributed by atoms with Crippen molar-refractivity contribution in [1.82, 2.24) is 25.1 Å². The van der Waals surface area contributed by atoms with Crippen molar-refractivity contribution in [3.8, 4) is 0 Å². The SMILES string of the molecule is Cc1nn(CC(=O)NCC(C)c2ccc(F)cn2)c2ncccc12. The van der Waals surface area contributed by atoms with Gasteiger partial charge in [0.25, 0.3) is 0 Å². The number of amides is 1. The minimum atomic E-state index is -0.372. The van der Waals surface area contributed by atoms with Gasteiger partial charge in [0.2, 0.25) is 5.91 Å². The van der Waals surface area contributed by atoms with Crippen molar-refractivity contribution in [3.63, 3.8) is 0 Å². The summed E-state index contributed by atoms with van der Waals surface area (Å²) in [6, 6.07) is 6.77. The molecule has 0 fully saturated rings. The average Bonchev–Trinajstić information content (AvgIpc) is 2.90. The predicted octanol–water partition coefficient (Wildman–Crippen LogP) is 2.19. The van der Waals surface area contributed by atoms with Gasteiger partial charge in [-0.15, -0.1) is 0 Å². The normalized spacial score (nSPS) is 12.3. The molecule has 1 atom stereocenters. The summed E-state index contributed by atoms with van der Waals surface area (Å²) in [5.41, 5.74) is 2.27. The summed E-state index contributed by atoms with van der Waals surface area (Å²) in [5, 5.41) is 8.16. The molecule has 0 saturated heterocycles. The first-order valence-electron chi connectivity index (χ1n) is 7.71. The van der Waals surface area contributed by atoms with Gasteiger partial charge in [0.15, 0.2) is 5.65 Å². The van der Waals surface area contributed by atoms with Crippen LogP contribution in [-0.2, 0) is 11.3 Å². The lowest BCUT2D eigenvalue weighted by atomic mass is 10.1. The van der Waals surface area contributed by atoms with E-state index in [1.807, 2.05) is 26.0 Å². The van der Waals surface area contributed by atoms with Crippen LogP contribution in [0.25, 0.3) is 11.0 Å². The van der Waals surface area contributed by atoms with Crippen LogP contribution in [0, 0.1) is 12.7 Å². The van der Waals surface area contributed by atoms with Gasteiger partial charge in [-0.25, -0.2) is 14.1 Å². The first kappa shape index (κ1) is 16.0. The van der Waals surface area contributed by atoms with Gasteiger partial charge < -0.3 is 5.32 Å². The van der Waals surface area contributed by atoms with Crippen molar-refractivity contribution in [3.05, 3.63) is 53.9 Å². The fourth-order valence-corrected chi connectivity index (χ4v) is 2.52. The first-order valence-corrected chi connectivity index (χ1v) is 7.71. The Labute approximate surface area is 138 Å². The fourth-order valence-electron chi connectivity index (χ4n) is 2.52. The second kappa shape index (κ2) is 6.74. The number of carbonyl (C=O) groups is 1. The number of hydrogen-bond acceptors (Lipinski definition) is 4. The lowest BCUT2D eigenvalue weighted by Crippen LogP contribution is -2.31. The Balaban J connectivity index is 1.62. The molecule has 1 N–H and O–H groups in total. The summed E-state index contributed by atoms with van der Waals surface area (Å²) < 4.78 is 14.5. The van der Waals surface area contributed by atoms with Crippen LogP contribution in [0.3, 0.4) is 0 Å². The Morgan fingerprint density at radius 1 is 1.33 bits per heavy atom. The highest BCUT2D eigenvalue weighted by Crippen LogP contribution is 2.15. The van der Waals surface area contributed by atoms with E-state index >= 15 is 0 Å². The van der Waals surface area contributed by atoms with E-state index in [-0.39, 0.29) is 24.2 Å². The van der Waals surface area contributed by atoms with E-state index in [1.165, 1.54) is 12.3 Å². The molecule has 3 aromatic heterocycles. The van der Waals surface area contributed by atoms with Gasteiger partial charge in [-0.05, 0) is 31.2 Å². The molecule has 0 spiro atoms. The van der Waals surface area contributed by atoms with Gasteiger partial charge in [-0.1, -0.05) is 6.92 Å². The molecule has 0 radical (unpaired) electrons. The molecular weight excluding hydrogens is 309 g/mol. The Hall–Kier alpha value is -2.83. The number of nitrogens with zero attached hydrogens (tertiary/aromatic N) is 4. The number of halogens is 1. The Bertz CT molecular complexity index is 859. The van der Waals surface area contributed by atoms with Crippen LogP contribution in [-0.4, -0.2) is 32.2 Å². The highest BCUT2D eigenvalue weighted by Gasteiger charge is 2.13. The molecule has 1 amide bonds. The van der Waals surface area contributed by atoms with Crippen LogP contribution in [0.15, 0.2) is 36.7 Å². The summed E-state index contributed by atoms with van der Waals surface area (Å²) in [6.45, 7) is 4.34. The third-order valence-electron chi connectivity index (χ3n) is 3.85. The maximum absolute atomic E-state index is 12.9. The highest BCUT2D eigenvalue weighted by atomic mass is 19.1. The van der Waals surface area contributed by atoms with Crippen LogP contribution in [0.5, 0.6) is 0 Å². The van der Waals surface area contributed by atoms with Crippen molar-refractivity contribution < 1.29 is 9.18 Å². The molecule has 24 heavy (non-hydrogen) atoms. The minimum Gasteiger partial charge on any atom is -0.354 e. The van der Waals surface area contributed by atoms with Crippen LogP contribution in [0.1, 0.15) is 24.2 Å². The number of nitrogens with one attached hydrogen (secondary N) is 1. The number of aryl methyl sites for hydroxylation is 1. The standard InChI is InChI=1S/C17H18FN5O/c1-11(15-6-5-13(18)9-20-15)8-21-16(24)10-23-17-14(12(2)22-23)4-3-7-19-17/h3-7,9,11H,8,10H2,1-2H3,(H,21,24). The first-order chi connectivity index (χ1) is 11.5. The molecule has 6 nitrogen and oxygen atoms in total. The van der Waals surface area contributed by atoms with Crippen LogP contribution >= 0.6 is 0 Å². The molecule has 0 aromatic carbocycles. The summed E-state index contributed by atoms with van der Waals surface area (Å²) in [6.07, 6.45) is 2.86. The van der Waals surface area contributed by atoms with Gasteiger partial charge in [-0.3, -0.25) is 9.78 Å². The number of rotatable bonds is 5. The van der Waals surface area contributed by atoms with E-state index in [0.717, 1.165) is 16.8 Å². The second-order valence-electron chi connectivity index (χ2n) is 5.72. The van der Waals surface area contributed by atoms with Crippen LogP contribution < -0.4 is 5.32 Å². The molecule has 0 aliphatic heterocycles. The number of fused-ring (bicyclic) bond motifs is 1. The third kappa shape index (κ3) is 3.40. The fraction of sp³-hybridized carbons (Fsp3) is 0.294. The van der Waals surface area contributed by atoms with E-state index < -0.39 is 0 Å². The maximum atomic E-state index is 12.9. The van der Waals surface area contributed by atoms with E-state index in [1.54, 1.807) is 16.9 Å². The molecule has 7 heteroatoms. The maximum Gasteiger partial charge on any atom is 0.241 e. The van der Waals surface area contributed by atoms with Gasteiger partial charge in [-0.2, -0.15) is 5.10 Å². The van der Waals surface area contributed by atoms with Gasteiger partial charge in [0.05, 0.1) is 11.9 Å². The average molecular weight is 327 g/mol. The minimum absolute atomic E-state index is 0.0104. The Morgan fingerprint density at radius 2 is 2.17 bits per heavy atom. The van der Waals surface area contributed by atoms with E-state index in [4.69, 9.17) is 0 Å². The summed E-state index contributed by atoms with van der Waals surface area (Å²) in [7, 11) is 0. The van der Waals surface area contributed by atoms with Crippen molar-refractivity contribution in [2.75, 3.05) is 6.54 Å². The molecule has 1 unspecified atom stereocenters. The zero-order valence-corrected chi connectivity index (χ0v) is 13.5. The van der Waals surface area contributed by atoms with Crippen molar-refractivity contribution in [2.24, 2.45) is 0 Å². The summed E-state index contributed by atoms with van der Waals surface area (Å²) in [4.78, 5) is 20.5. The molecule has 124 valence electrons. The predicted molar refractivity (Wildman–Crippen MR) is 87.9 cm³/mol. The molecule has 3 rings (SSSR count). The molecule has 0 bridgehead atoms. The third-order valence-corrected chi connectivity index (χ3v) is 3.85. The molecule has 3 heterocycles. The number of pyridine rings is 2. The number of carbonyl (C=O) groups excluding carboxylic acids is 1. The smallest absolute Gasteiger partial charge is 0.241 e. The zero-order chi connectivity index (χ0) is 17.1. The summed E-state index contributed by atoms with van der Waals surface area (Å²) in [5.74, 6) is -0.536. The molecule has 0 aliphatic carbocycles. The van der Waals surface area contributed by atoms with E-state index in [2.05, 4.69) is 20.4 Å². The Kier molecular flexibility index (Phi) is 4.50.